The molecule has 0 aromatic carbocycles. The van der Waals surface area contributed by atoms with E-state index in [9.17, 15) is 0 Å². The van der Waals surface area contributed by atoms with Crippen LogP contribution >= 0.6 is 11.6 Å². The summed E-state index contributed by atoms with van der Waals surface area (Å²) >= 11 is 5.97. The second kappa shape index (κ2) is 5.78. The van der Waals surface area contributed by atoms with Crippen molar-refractivity contribution >= 4 is 17.4 Å². The molecule has 5 heteroatoms. The molecule has 18 heavy (non-hydrogen) atoms. The number of pyridine rings is 1. The number of nitrogens with zero attached hydrogens (tertiary/aromatic N) is 3. The lowest BCUT2D eigenvalue weighted by molar-refractivity contribution is 0.774. The summed E-state index contributed by atoms with van der Waals surface area (Å²) in [6.45, 7) is 4.77. The lowest BCUT2D eigenvalue weighted by atomic mass is 10.2. The van der Waals surface area contributed by atoms with Crippen LogP contribution in [0.5, 0.6) is 0 Å². The van der Waals surface area contributed by atoms with Gasteiger partial charge in [-0.1, -0.05) is 25.4 Å². The van der Waals surface area contributed by atoms with Crippen LogP contribution in [-0.2, 0) is 6.54 Å². The molecule has 0 bridgehead atoms. The van der Waals surface area contributed by atoms with Crippen LogP contribution in [0, 0.1) is 0 Å². The van der Waals surface area contributed by atoms with Crippen molar-refractivity contribution in [1.82, 2.24) is 15.0 Å². The molecule has 4 nitrogen and oxygen atoms in total. The van der Waals surface area contributed by atoms with E-state index in [0.717, 1.165) is 17.2 Å². The highest BCUT2D eigenvalue weighted by Gasteiger charge is 2.06. The Balaban J connectivity index is 2.10. The van der Waals surface area contributed by atoms with E-state index in [1.54, 1.807) is 18.5 Å². The summed E-state index contributed by atoms with van der Waals surface area (Å²) in [4.78, 5) is 12.6. The molecule has 0 fully saturated rings. The Morgan fingerprint density at radius 2 is 1.94 bits per heavy atom. The molecule has 0 unspecified atom stereocenters. The average Bonchev–Trinajstić information content (AvgIpc) is 2.37. The third-order valence-electron chi connectivity index (χ3n) is 2.45. The van der Waals surface area contributed by atoms with Gasteiger partial charge in [0.15, 0.2) is 0 Å². The lowest BCUT2D eigenvalue weighted by Gasteiger charge is -2.09. The summed E-state index contributed by atoms with van der Waals surface area (Å²) < 4.78 is 0. The van der Waals surface area contributed by atoms with Crippen molar-refractivity contribution in [2.75, 3.05) is 5.32 Å². The molecule has 0 aliphatic carbocycles. The van der Waals surface area contributed by atoms with Crippen molar-refractivity contribution in [3.05, 3.63) is 47.1 Å². The number of hydrogen-bond donors (Lipinski definition) is 1. The fourth-order valence-electron chi connectivity index (χ4n) is 1.48. The maximum absolute atomic E-state index is 5.97. The number of aromatic nitrogens is 3. The van der Waals surface area contributed by atoms with Gasteiger partial charge in [0.2, 0.25) is 0 Å². The van der Waals surface area contributed by atoms with Crippen LogP contribution in [0.3, 0.4) is 0 Å². The second-order valence-electron chi connectivity index (χ2n) is 4.30. The number of hydrogen-bond acceptors (Lipinski definition) is 4. The molecule has 0 aliphatic heterocycles. The molecule has 0 atom stereocenters. The van der Waals surface area contributed by atoms with Gasteiger partial charge in [-0.3, -0.25) is 4.98 Å². The SMILES string of the molecule is CC(C)c1nc(Cl)cc(NCc2ccncc2)n1. The first-order valence-electron chi connectivity index (χ1n) is 5.82. The number of halogens is 1. The van der Waals surface area contributed by atoms with Gasteiger partial charge in [0.05, 0.1) is 0 Å². The summed E-state index contributed by atoms with van der Waals surface area (Å²) in [5, 5.41) is 3.70. The topological polar surface area (TPSA) is 50.7 Å². The summed E-state index contributed by atoms with van der Waals surface area (Å²) in [6.07, 6.45) is 3.53. The molecular formula is C13H15ClN4. The van der Waals surface area contributed by atoms with Crippen LogP contribution < -0.4 is 5.32 Å². The number of nitrogens with one attached hydrogen (secondary N) is 1. The van der Waals surface area contributed by atoms with Crippen molar-refractivity contribution < 1.29 is 0 Å². The van der Waals surface area contributed by atoms with Crippen molar-refractivity contribution in [2.45, 2.75) is 26.3 Å². The third kappa shape index (κ3) is 3.40. The van der Waals surface area contributed by atoms with E-state index in [0.29, 0.717) is 11.7 Å². The van der Waals surface area contributed by atoms with E-state index in [-0.39, 0.29) is 5.92 Å². The molecule has 94 valence electrons. The summed E-state index contributed by atoms with van der Waals surface area (Å²) in [5.74, 6) is 1.75. The molecule has 0 spiro atoms. The first-order chi connectivity index (χ1) is 8.65. The molecule has 2 rings (SSSR count). The smallest absolute Gasteiger partial charge is 0.135 e. The van der Waals surface area contributed by atoms with E-state index >= 15 is 0 Å². The largest absolute Gasteiger partial charge is 0.366 e. The van der Waals surface area contributed by atoms with Gasteiger partial charge in [0.1, 0.15) is 16.8 Å². The highest BCUT2D eigenvalue weighted by atomic mass is 35.5. The molecule has 0 saturated carbocycles. The zero-order valence-corrected chi connectivity index (χ0v) is 11.1. The Morgan fingerprint density at radius 1 is 1.22 bits per heavy atom. The minimum absolute atomic E-state index is 0.255. The molecule has 0 amide bonds. The molecule has 0 aliphatic rings. The normalized spacial score (nSPS) is 10.7. The van der Waals surface area contributed by atoms with E-state index in [1.165, 1.54) is 0 Å². The van der Waals surface area contributed by atoms with E-state index in [4.69, 9.17) is 11.6 Å². The monoisotopic (exact) mass is 262 g/mol. The Kier molecular flexibility index (Phi) is 4.10. The summed E-state index contributed by atoms with van der Waals surface area (Å²) in [6, 6.07) is 5.65. The van der Waals surface area contributed by atoms with Gasteiger partial charge in [0.25, 0.3) is 0 Å². The van der Waals surface area contributed by atoms with Crippen molar-refractivity contribution in [3.63, 3.8) is 0 Å². The van der Waals surface area contributed by atoms with Gasteiger partial charge in [-0.15, -0.1) is 0 Å². The van der Waals surface area contributed by atoms with Crippen LogP contribution in [0.15, 0.2) is 30.6 Å². The van der Waals surface area contributed by atoms with Crippen LogP contribution in [0.25, 0.3) is 0 Å². The predicted molar refractivity (Wildman–Crippen MR) is 72.7 cm³/mol. The van der Waals surface area contributed by atoms with Crippen LogP contribution in [-0.4, -0.2) is 15.0 Å². The van der Waals surface area contributed by atoms with Crippen LogP contribution in [0.1, 0.15) is 31.2 Å². The molecule has 0 saturated heterocycles. The maximum atomic E-state index is 5.97. The first kappa shape index (κ1) is 12.8. The van der Waals surface area contributed by atoms with Gasteiger partial charge in [-0.05, 0) is 17.7 Å². The fraction of sp³-hybridized carbons (Fsp3) is 0.308. The molecule has 1 N–H and O–H groups in total. The molecule has 0 radical (unpaired) electrons. The fourth-order valence-corrected chi connectivity index (χ4v) is 1.67. The number of anilines is 1. The maximum Gasteiger partial charge on any atom is 0.135 e. The molecule has 2 heterocycles. The predicted octanol–water partition coefficient (Wildman–Crippen LogP) is 3.26. The minimum atomic E-state index is 0.255. The molecular weight excluding hydrogens is 248 g/mol. The van der Waals surface area contributed by atoms with Crippen LogP contribution in [0.2, 0.25) is 5.15 Å². The minimum Gasteiger partial charge on any atom is -0.366 e. The van der Waals surface area contributed by atoms with Gasteiger partial charge >= 0.3 is 0 Å². The van der Waals surface area contributed by atoms with Crippen molar-refractivity contribution in [3.8, 4) is 0 Å². The highest BCUT2D eigenvalue weighted by molar-refractivity contribution is 6.29. The Bertz CT molecular complexity index is 514. The van der Waals surface area contributed by atoms with E-state index < -0.39 is 0 Å². The van der Waals surface area contributed by atoms with Crippen molar-refractivity contribution in [2.24, 2.45) is 0 Å². The quantitative estimate of drug-likeness (QED) is 0.860. The molecule has 2 aromatic heterocycles. The highest BCUT2D eigenvalue weighted by Crippen LogP contribution is 2.17. The third-order valence-corrected chi connectivity index (χ3v) is 2.65. The summed E-state index contributed by atoms with van der Waals surface area (Å²) in [5.41, 5.74) is 1.14. The van der Waals surface area contributed by atoms with Gasteiger partial charge in [-0.2, -0.15) is 0 Å². The number of rotatable bonds is 4. The zero-order chi connectivity index (χ0) is 13.0. The Hall–Kier alpha value is -1.68. The Morgan fingerprint density at radius 3 is 2.61 bits per heavy atom. The van der Waals surface area contributed by atoms with Gasteiger partial charge in [0, 0.05) is 30.9 Å². The molecule has 2 aromatic rings. The second-order valence-corrected chi connectivity index (χ2v) is 4.69. The van der Waals surface area contributed by atoms with Gasteiger partial charge < -0.3 is 5.32 Å². The van der Waals surface area contributed by atoms with Gasteiger partial charge in [-0.25, -0.2) is 9.97 Å². The first-order valence-corrected chi connectivity index (χ1v) is 6.20. The zero-order valence-electron chi connectivity index (χ0n) is 10.4. The Labute approximate surface area is 111 Å². The average molecular weight is 263 g/mol. The van der Waals surface area contributed by atoms with E-state index in [1.807, 2.05) is 26.0 Å². The van der Waals surface area contributed by atoms with Crippen LogP contribution in [0.4, 0.5) is 5.82 Å². The standard InChI is InChI=1S/C13H15ClN4/c1-9(2)13-17-11(14)7-12(18-13)16-8-10-3-5-15-6-4-10/h3-7,9H,8H2,1-2H3,(H,16,17,18). The summed E-state index contributed by atoms with van der Waals surface area (Å²) in [7, 11) is 0. The van der Waals surface area contributed by atoms with Crippen molar-refractivity contribution in [1.29, 1.82) is 0 Å². The van der Waals surface area contributed by atoms with E-state index in [2.05, 4.69) is 20.3 Å². The lowest BCUT2D eigenvalue weighted by Crippen LogP contribution is -2.05.